The molecule has 0 radical (unpaired) electrons. The summed E-state index contributed by atoms with van der Waals surface area (Å²) in [4.78, 5) is 43.1. The van der Waals surface area contributed by atoms with Crippen LogP contribution in [-0.2, 0) is 19.1 Å². The lowest BCUT2D eigenvalue weighted by molar-refractivity contribution is -0.145. The van der Waals surface area contributed by atoms with Crippen LogP contribution in [0.1, 0.15) is 38.4 Å². The highest BCUT2D eigenvalue weighted by molar-refractivity contribution is 5.96. The summed E-state index contributed by atoms with van der Waals surface area (Å²) in [7, 11) is 0. The molecule has 0 saturated heterocycles. The fourth-order valence-corrected chi connectivity index (χ4v) is 2.45. The van der Waals surface area contributed by atoms with Gasteiger partial charge in [0.05, 0.1) is 7.95 Å². The first-order chi connectivity index (χ1) is 14.3. The van der Waals surface area contributed by atoms with Crippen LogP contribution in [0.2, 0.25) is 0 Å². The second-order valence-electron chi connectivity index (χ2n) is 6.04. The number of carbonyl (C=O) groups is 3. The molecular formula is C19H24N6O4. The molecule has 0 bridgehead atoms. The molecule has 0 aliphatic heterocycles. The Morgan fingerprint density at radius 2 is 1.97 bits per heavy atom. The largest absolute Gasteiger partial charge is 0.465 e. The highest BCUT2D eigenvalue weighted by Gasteiger charge is 2.25. The SMILES string of the molecule is [2H]C(C)OC(=O)C(CNC(=O)CCC(=O)Nc1ccc(C(=N)N)cc1)c1ncc[nH]1. The van der Waals surface area contributed by atoms with Crippen molar-refractivity contribution in [3.05, 3.63) is 48.0 Å². The molecule has 1 heterocycles. The van der Waals surface area contributed by atoms with Crippen LogP contribution in [-0.4, -0.2) is 46.7 Å². The normalized spacial score (nSPS) is 12.9. The molecule has 10 nitrogen and oxygen atoms in total. The lowest BCUT2D eigenvalue weighted by Gasteiger charge is -2.14. The maximum atomic E-state index is 12.2. The highest BCUT2D eigenvalue weighted by atomic mass is 16.5. The van der Waals surface area contributed by atoms with Crippen LogP contribution in [0.4, 0.5) is 5.69 Å². The van der Waals surface area contributed by atoms with Crippen molar-refractivity contribution in [1.82, 2.24) is 15.3 Å². The van der Waals surface area contributed by atoms with E-state index in [4.69, 9.17) is 17.3 Å². The van der Waals surface area contributed by atoms with E-state index >= 15 is 0 Å². The number of nitrogens with two attached hydrogens (primary N) is 1. The van der Waals surface area contributed by atoms with Crippen molar-refractivity contribution in [1.29, 1.82) is 5.41 Å². The molecule has 1 aromatic carbocycles. The van der Waals surface area contributed by atoms with Crippen molar-refractivity contribution in [3.8, 4) is 0 Å². The van der Waals surface area contributed by atoms with Crippen molar-refractivity contribution in [2.45, 2.75) is 25.7 Å². The Morgan fingerprint density at radius 1 is 1.28 bits per heavy atom. The second kappa shape index (κ2) is 10.6. The molecule has 2 unspecified atom stereocenters. The molecule has 6 N–H and O–H groups in total. The van der Waals surface area contributed by atoms with Crippen LogP contribution in [0, 0.1) is 5.41 Å². The number of nitrogens with one attached hydrogen (secondary N) is 4. The van der Waals surface area contributed by atoms with Gasteiger partial charge in [-0.2, -0.15) is 0 Å². The van der Waals surface area contributed by atoms with Gasteiger partial charge in [-0.1, -0.05) is 0 Å². The van der Waals surface area contributed by atoms with E-state index in [9.17, 15) is 14.4 Å². The predicted octanol–water partition coefficient (Wildman–Crippen LogP) is 0.876. The van der Waals surface area contributed by atoms with E-state index in [1.54, 1.807) is 24.3 Å². The summed E-state index contributed by atoms with van der Waals surface area (Å²) in [5.41, 5.74) is 6.44. The van der Waals surface area contributed by atoms with E-state index in [-0.39, 0.29) is 31.1 Å². The molecule has 0 aliphatic rings. The highest BCUT2D eigenvalue weighted by Crippen LogP contribution is 2.13. The van der Waals surface area contributed by atoms with Crippen LogP contribution in [0.5, 0.6) is 0 Å². The lowest BCUT2D eigenvalue weighted by atomic mass is 10.1. The number of aromatic amines is 1. The third kappa shape index (κ3) is 6.76. The number of nitrogens with zero attached hydrogens (tertiary/aromatic N) is 1. The Labute approximate surface area is 169 Å². The minimum atomic E-state index is -1.04. The van der Waals surface area contributed by atoms with Crippen molar-refractivity contribution < 1.29 is 20.5 Å². The molecule has 2 rings (SSSR count). The van der Waals surface area contributed by atoms with Gasteiger partial charge in [0, 0.05) is 43.0 Å². The van der Waals surface area contributed by atoms with Crippen LogP contribution in [0.25, 0.3) is 0 Å². The quantitative estimate of drug-likeness (QED) is 0.225. The van der Waals surface area contributed by atoms with E-state index in [1.807, 2.05) is 0 Å². The number of amidine groups is 1. The number of ether oxygens (including phenoxy) is 1. The van der Waals surface area contributed by atoms with Crippen molar-refractivity contribution >= 4 is 29.3 Å². The van der Waals surface area contributed by atoms with E-state index < -0.39 is 24.4 Å². The van der Waals surface area contributed by atoms with Crippen LogP contribution in [0.15, 0.2) is 36.7 Å². The summed E-state index contributed by atoms with van der Waals surface area (Å²) in [6.45, 7) is 0.285. The van der Waals surface area contributed by atoms with Crippen LogP contribution >= 0.6 is 0 Å². The van der Waals surface area contributed by atoms with Gasteiger partial charge in [-0.25, -0.2) is 4.98 Å². The summed E-state index contributed by atoms with van der Waals surface area (Å²) in [6, 6.07) is 6.44. The summed E-state index contributed by atoms with van der Waals surface area (Å²) in [5.74, 6) is -2.10. The minimum Gasteiger partial charge on any atom is -0.465 e. The first-order valence-corrected chi connectivity index (χ1v) is 8.89. The maximum absolute atomic E-state index is 12.2. The zero-order chi connectivity index (χ0) is 22.1. The smallest absolute Gasteiger partial charge is 0.318 e. The van der Waals surface area contributed by atoms with Crippen LogP contribution in [0.3, 0.4) is 0 Å². The van der Waals surface area contributed by atoms with E-state index in [2.05, 4.69) is 20.6 Å². The number of nitrogen functional groups attached to an aromatic ring is 1. The van der Waals surface area contributed by atoms with Gasteiger partial charge in [0.15, 0.2) is 0 Å². The summed E-state index contributed by atoms with van der Waals surface area (Å²) in [6.07, 6.45) is 2.87. The molecule has 0 fully saturated rings. The number of hydrogen-bond acceptors (Lipinski definition) is 6. The van der Waals surface area contributed by atoms with Gasteiger partial charge >= 0.3 is 5.97 Å². The van der Waals surface area contributed by atoms with Crippen molar-refractivity contribution in [2.75, 3.05) is 18.4 Å². The fourth-order valence-electron chi connectivity index (χ4n) is 2.45. The van der Waals surface area contributed by atoms with Gasteiger partial charge < -0.3 is 26.1 Å². The number of H-pyrrole nitrogens is 1. The number of amides is 2. The molecule has 0 aliphatic carbocycles. The first-order valence-electron chi connectivity index (χ1n) is 9.47. The molecule has 1 aromatic heterocycles. The topological polar surface area (TPSA) is 163 Å². The van der Waals surface area contributed by atoms with Gasteiger partial charge in [-0.05, 0) is 31.2 Å². The van der Waals surface area contributed by atoms with Crippen LogP contribution < -0.4 is 16.4 Å². The Hall–Kier alpha value is -3.69. The summed E-state index contributed by atoms with van der Waals surface area (Å²) < 4.78 is 12.2. The Balaban J connectivity index is 1.81. The zero-order valence-corrected chi connectivity index (χ0v) is 15.9. The molecule has 29 heavy (non-hydrogen) atoms. The molecular weight excluding hydrogens is 376 g/mol. The number of hydrogen-bond donors (Lipinski definition) is 5. The number of rotatable bonds is 10. The van der Waals surface area contributed by atoms with E-state index in [0.717, 1.165) is 0 Å². The molecule has 154 valence electrons. The monoisotopic (exact) mass is 401 g/mol. The molecule has 10 heteroatoms. The van der Waals surface area contributed by atoms with Crippen molar-refractivity contribution in [2.24, 2.45) is 5.73 Å². The number of carbonyl (C=O) groups excluding carboxylic acids is 3. The number of aromatic nitrogens is 2. The average Bonchev–Trinajstić information content (AvgIpc) is 3.21. The number of esters is 1. The van der Waals surface area contributed by atoms with Gasteiger partial charge in [0.25, 0.3) is 0 Å². The van der Waals surface area contributed by atoms with Crippen molar-refractivity contribution in [3.63, 3.8) is 0 Å². The minimum absolute atomic E-state index is 0.0556. The molecule has 0 spiro atoms. The standard InChI is InChI=1S/C19H24N6O4/c1-2-29-19(28)14(18-22-9-10-23-18)11-24-15(26)7-8-16(27)25-13-5-3-12(4-6-13)17(20)21/h3-6,9-10,14H,2,7-8,11H2,1H3,(H3,20,21)(H,22,23)(H,24,26)(H,25,27)/i2D. The molecule has 0 saturated carbocycles. The molecule has 2 aromatic rings. The Morgan fingerprint density at radius 3 is 2.55 bits per heavy atom. The lowest BCUT2D eigenvalue weighted by Crippen LogP contribution is -2.33. The van der Waals surface area contributed by atoms with Gasteiger partial charge in [0.1, 0.15) is 17.6 Å². The average molecular weight is 401 g/mol. The Bertz CT molecular complexity index is 883. The molecule has 2 atom stereocenters. The second-order valence-corrected chi connectivity index (χ2v) is 6.04. The van der Waals surface area contributed by atoms with Gasteiger partial charge in [0.2, 0.25) is 11.8 Å². The zero-order valence-electron chi connectivity index (χ0n) is 16.9. The van der Waals surface area contributed by atoms with Gasteiger partial charge in [-0.15, -0.1) is 0 Å². The fraction of sp³-hybridized carbons (Fsp3) is 0.316. The van der Waals surface area contributed by atoms with E-state index in [1.165, 1.54) is 19.3 Å². The third-order valence-corrected chi connectivity index (χ3v) is 3.93. The molecule has 2 amide bonds. The first kappa shape index (κ1) is 20.1. The number of benzene rings is 1. The summed E-state index contributed by atoms with van der Waals surface area (Å²) >= 11 is 0. The summed E-state index contributed by atoms with van der Waals surface area (Å²) in [5, 5.41) is 12.6. The Kier molecular flexibility index (Phi) is 7.33. The maximum Gasteiger partial charge on any atom is 0.318 e. The van der Waals surface area contributed by atoms with E-state index in [0.29, 0.717) is 17.1 Å². The number of imidazole rings is 1. The van der Waals surface area contributed by atoms with Gasteiger partial charge in [-0.3, -0.25) is 19.8 Å². The number of anilines is 1. The predicted molar refractivity (Wildman–Crippen MR) is 106 cm³/mol. The third-order valence-electron chi connectivity index (χ3n) is 3.93.